The number of ether oxygens (including phenoxy) is 2. The topological polar surface area (TPSA) is 70.7 Å². The van der Waals surface area contributed by atoms with Gasteiger partial charge in [-0.1, -0.05) is 0 Å². The predicted molar refractivity (Wildman–Crippen MR) is 125 cm³/mol. The normalized spacial score (nSPS) is 16.5. The highest BCUT2D eigenvalue weighted by atomic mass is 32.1. The number of hydrogen-bond donors (Lipinski definition) is 1. The third-order valence-electron chi connectivity index (χ3n) is 6.29. The molecule has 8 heteroatoms. The molecule has 1 aromatic carbocycles. The first kappa shape index (κ1) is 21.8. The Kier molecular flexibility index (Phi) is 6.31. The quantitative estimate of drug-likeness (QED) is 0.630. The molecule has 2 aromatic heterocycles. The lowest BCUT2D eigenvalue weighted by molar-refractivity contribution is 0.0942. The third-order valence-corrected chi connectivity index (χ3v) is 7.39. The van der Waals surface area contributed by atoms with Crippen LogP contribution in [0.3, 0.4) is 0 Å². The van der Waals surface area contributed by atoms with Gasteiger partial charge in [-0.15, -0.1) is 11.3 Å². The van der Waals surface area contributed by atoms with Crippen molar-refractivity contribution in [3.63, 3.8) is 0 Å². The molecule has 0 saturated carbocycles. The first-order valence-corrected chi connectivity index (χ1v) is 11.4. The molecule has 166 valence electrons. The van der Waals surface area contributed by atoms with Crippen molar-refractivity contribution in [2.45, 2.75) is 33.4 Å². The maximum atomic E-state index is 12.7. The number of H-pyrrole nitrogens is 1. The minimum absolute atomic E-state index is 0.0301. The van der Waals surface area contributed by atoms with Crippen LogP contribution >= 0.6 is 11.3 Å². The summed E-state index contributed by atoms with van der Waals surface area (Å²) in [7, 11) is 3.38. The number of hydrogen-bond acceptors (Lipinski definition) is 7. The van der Waals surface area contributed by atoms with E-state index in [9.17, 15) is 4.79 Å². The average Bonchev–Trinajstić information content (AvgIpc) is 3.07. The molecule has 1 aliphatic heterocycles. The Labute approximate surface area is 186 Å². The maximum Gasteiger partial charge on any atom is 0.259 e. The van der Waals surface area contributed by atoms with E-state index in [4.69, 9.17) is 14.5 Å². The lowest BCUT2D eigenvalue weighted by atomic mass is 10.1. The Morgan fingerprint density at radius 3 is 2.58 bits per heavy atom. The van der Waals surface area contributed by atoms with Crippen LogP contribution in [-0.2, 0) is 6.54 Å². The number of methoxy groups -OCH3 is 2. The predicted octanol–water partition coefficient (Wildman–Crippen LogP) is 3.50. The van der Waals surface area contributed by atoms with E-state index < -0.39 is 0 Å². The lowest BCUT2D eigenvalue weighted by Crippen LogP contribution is -2.47. The van der Waals surface area contributed by atoms with E-state index in [1.54, 1.807) is 25.6 Å². The zero-order chi connectivity index (χ0) is 22.1. The van der Waals surface area contributed by atoms with E-state index in [0.717, 1.165) is 76.3 Å². The summed E-state index contributed by atoms with van der Waals surface area (Å²) < 4.78 is 10.9. The number of aryl methyl sites for hydroxylation is 2. The van der Waals surface area contributed by atoms with Crippen molar-refractivity contribution in [1.29, 1.82) is 0 Å². The van der Waals surface area contributed by atoms with Gasteiger partial charge < -0.3 is 14.5 Å². The highest BCUT2D eigenvalue weighted by molar-refractivity contribution is 7.18. The molecule has 1 saturated heterocycles. The number of nitrogens with zero attached hydrogens (tertiary/aromatic N) is 3. The van der Waals surface area contributed by atoms with Crippen molar-refractivity contribution in [3.8, 4) is 11.5 Å². The van der Waals surface area contributed by atoms with Crippen LogP contribution < -0.4 is 15.0 Å². The zero-order valence-corrected chi connectivity index (χ0v) is 19.6. The number of thiophene rings is 1. The van der Waals surface area contributed by atoms with Gasteiger partial charge in [-0.05, 0) is 44.5 Å². The summed E-state index contributed by atoms with van der Waals surface area (Å²) in [5.74, 6) is 2.47. The highest BCUT2D eigenvalue weighted by Gasteiger charge is 2.25. The van der Waals surface area contributed by atoms with Gasteiger partial charge in [0.25, 0.3) is 5.56 Å². The Balaban J connectivity index is 1.44. The van der Waals surface area contributed by atoms with Crippen molar-refractivity contribution in [2.24, 2.45) is 0 Å². The molecule has 1 fully saturated rings. The molecule has 3 heterocycles. The molecule has 1 N–H and O–H groups in total. The maximum absolute atomic E-state index is 12.7. The summed E-state index contributed by atoms with van der Waals surface area (Å²) in [4.78, 5) is 27.3. The van der Waals surface area contributed by atoms with Crippen molar-refractivity contribution < 1.29 is 9.47 Å². The number of fused-ring (bicyclic) bond motifs is 1. The Hall–Kier alpha value is -2.42. The van der Waals surface area contributed by atoms with Gasteiger partial charge in [-0.3, -0.25) is 14.6 Å². The van der Waals surface area contributed by atoms with Crippen LogP contribution in [0.25, 0.3) is 10.2 Å². The van der Waals surface area contributed by atoms with E-state index in [1.165, 1.54) is 0 Å². The Bertz CT molecular complexity index is 1130. The Morgan fingerprint density at radius 1 is 1.16 bits per heavy atom. The first-order valence-electron chi connectivity index (χ1n) is 10.6. The van der Waals surface area contributed by atoms with Crippen LogP contribution in [0, 0.1) is 13.8 Å². The molecule has 7 nitrogen and oxygen atoms in total. The van der Waals surface area contributed by atoms with E-state index in [0.29, 0.717) is 0 Å². The van der Waals surface area contributed by atoms with Crippen LogP contribution in [0.15, 0.2) is 23.0 Å². The lowest BCUT2D eigenvalue weighted by Gasteiger charge is -2.37. The second-order valence-electron chi connectivity index (χ2n) is 8.08. The molecule has 1 aliphatic rings. The summed E-state index contributed by atoms with van der Waals surface area (Å²) in [5.41, 5.74) is 2.13. The standard InChI is InChI=1S/C23H30N4O3S/c1-14-16(3)31-23-20(14)22(28)24-21(25-23)15(2)27-10-8-26(9-11-27)13-17-12-18(29-4)6-7-19(17)30-5/h6-7,12,15H,8-11,13H2,1-5H3,(H,24,25,28). The molecule has 0 aliphatic carbocycles. The van der Waals surface area contributed by atoms with Gasteiger partial charge >= 0.3 is 0 Å². The summed E-state index contributed by atoms with van der Waals surface area (Å²) in [6, 6.07) is 5.98. The van der Waals surface area contributed by atoms with Crippen molar-refractivity contribution >= 4 is 21.6 Å². The smallest absolute Gasteiger partial charge is 0.259 e. The van der Waals surface area contributed by atoms with E-state index in [2.05, 4.69) is 21.7 Å². The molecule has 0 bridgehead atoms. The van der Waals surface area contributed by atoms with Crippen LogP contribution in [0.5, 0.6) is 11.5 Å². The SMILES string of the molecule is COc1ccc(OC)c(CN2CCN(C(C)c3nc4sc(C)c(C)c4c(=O)[nH]3)CC2)c1. The van der Waals surface area contributed by atoms with Crippen LogP contribution in [0.4, 0.5) is 0 Å². The van der Waals surface area contributed by atoms with Crippen LogP contribution in [0.1, 0.15) is 34.8 Å². The van der Waals surface area contributed by atoms with E-state index in [1.807, 2.05) is 32.0 Å². The molecule has 3 aromatic rings. The molecular weight excluding hydrogens is 412 g/mol. The first-order chi connectivity index (χ1) is 14.9. The molecule has 1 atom stereocenters. The second-order valence-corrected chi connectivity index (χ2v) is 9.28. The number of nitrogens with one attached hydrogen (secondary N) is 1. The summed E-state index contributed by atoms with van der Waals surface area (Å²) in [6.07, 6.45) is 0. The number of benzene rings is 1. The fraction of sp³-hybridized carbons (Fsp3) is 0.478. The highest BCUT2D eigenvalue weighted by Crippen LogP contribution is 2.29. The third kappa shape index (κ3) is 4.33. The van der Waals surface area contributed by atoms with E-state index >= 15 is 0 Å². The molecular formula is C23H30N4O3S. The monoisotopic (exact) mass is 442 g/mol. The van der Waals surface area contributed by atoms with E-state index in [-0.39, 0.29) is 11.6 Å². The molecule has 0 amide bonds. The number of piperazine rings is 1. The largest absolute Gasteiger partial charge is 0.497 e. The minimum atomic E-state index is -0.0301. The van der Waals surface area contributed by atoms with Crippen molar-refractivity contribution in [3.05, 3.63) is 50.4 Å². The average molecular weight is 443 g/mol. The fourth-order valence-corrected chi connectivity index (χ4v) is 5.23. The molecule has 0 spiro atoms. The molecule has 1 unspecified atom stereocenters. The van der Waals surface area contributed by atoms with Gasteiger partial charge in [0.1, 0.15) is 22.2 Å². The number of aromatic nitrogens is 2. The van der Waals surface area contributed by atoms with Crippen LogP contribution in [0.2, 0.25) is 0 Å². The molecule has 0 radical (unpaired) electrons. The minimum Gasteiger partial charge on any atom is -0.497 e. The van der Waals surface area contributed by atoms with Gasteiger partial charge in [0, 0.05) is 43.2 Å². The van der Waals surface area contributed by atoms with Crippen LogP contribution in [-0.4, -0.2) is 60.2 Å². The summed E-state index contributed by atoms with van der Waals surface area (Å²) >= 11 is 1.60. The second kappa shape index (κ2) is 8.98. The van der Waals surface area contributed by atoms with Gasteiger partial charge in [0.2, 0.25) is 0 Å². The van der Waals surface area contributed by atoms with Gasteiger partial charge in [0.15, 0.2) is 0 Å². The zero-order valence-electron chi connectivity index (χ0n) is 18.8. The number of rotatable bonds is 6. The van der Waals surface area contributed by atoms with Crippen molar-refractivity contribution in [2.75, 3.05) is 40.4 Å². The molecule has 31 heavy (non-hydrogen) atoms. The van der Waals surface area contributed by atoms with Crippen molar-refractivity contribution in [1.82, 2.24) is 19.8 Å². The summed E-state index contributed by atoms with van der Waals surface area (Å²) in [5, 5.41) is 0.732. The van der Waals surface area contributed by atoms with Gasteiger partial charge in [-0.25, -0.2) is 4.98 Å². The van der Waals surface area contributed by atoms with Gasteiger partial charge in [-0.2, -0.15) is 0 Å². The Morgan fingerprint density at radius 2 is 1.90 bits per heavy atom. The van der Waals surface area contributed by atoms with Gasteiger partial charge in [0.05, 0.1) is 25.6 Å². The fourth-order valence-electron chi connectivity index (χ4n) is 4.20. The number of aromatic amines is 1. The summed E-state index contributed by atoms with van der Waals surface area (Å²) in [6.45, 7) is 10.7. The molecule has 4 rings (SSSR count).